The zero-order valence-electron chi connectivity index (χ0n) is 18.5. The Morgan fingerprint density at radius 1 is 1.06 bits per heavy atom. The highest BCUT2D eigenvalue weighted by atomic mass is 19.1. The van der Waals surface area contributed by atoms with Gasteiger partial charge in [0.15, 0.2) is 0 Å². The molecule has 6 heteroatoms. The third-order valence-electron chi connectivity index (χ3n) is 6.17. The molecular formula is C26H30FN3O2. The molecule has 32 heavy (non-hydrogen) atoms. The second-order valence-electron chi connectivity index (χ2n) is 8.54. The van der Waals surface area contributed by atoms with Crippen LogP contribution in [0.15, 0.2) is 60.8 Å². The van der Waals surface area contributed by atoms with Crippen LogP contribution < -0.4 is 0 Å². The second kappa shape index (κ2) is 10.6. The third-order valence-corrected chi connectivity index (χ3v) is 6.17. The molecule has 4 rings (SSSR count). The summed E-state index contributed by atoms with van der Waals surface area (Å²) >= 11 is 0. The fourth-order valence-corrected chi connectivity index (χ4v) is 4.23. The maximum absolute atomic E-state index is 13.2. The van der Waals surface area contributed by atoms with Crippen molar-refractivity contribution < 1.29 is 13.9 Å². The van der Waals surface area contributed by atoms with E-state index >= 15 is 0 Å². The number of imidazole rings is 1. The van der Waals surface area contributed by atoms with Gasteiger partial charge in [-0.15, -0.1) is 0 Å². The summed E-state index contributed by atoms with van der Waals surface area (Å²) in [7, 11) is 0. The average Bonchev–Trinajstić information content (AvgIpc) is 3.15. The zero-order valence-corrected chi connectivity index (χ0v) is 18.5. The first-order valence-corrected chi connectivity index (χ1v) is 11.2. The van der Waals surface area contributed by atoms with Crippen molar-refractivity contribution in [2.45, 2.75) is 39.3 Å². The highest BCUT2D eigenvalue weighted by molar-refractivity contribution is 5.77. The van der Waals surface area contributed by atoms with E-state index in [0.717, 1.165) is 55.0 Å². The van der Waals surface area contributed by atoms with Crippen molar-refractivity contribution in [1.82, 2.24) is 14.5 Å². The van der Waals surface area contributed by atoms with E-state index in [4.69, 9.17) is 4.74 Å². The first-order chi connectivity index (χ1) is 15.6. The number of benzene rings is 2. The number of aromatic nitrogens is 2. The molecule has 0 spiro atoms. The minimum absolute atomic E-state index is 0.0630. The van der Waals surface area contributed by atoms with E-state index in [9.17, 15) is 9.18 Å². The molecule has 1 saturated heterocycles. The van der Waals surface area contributed by atoms with Gasteiger partial charge in [0.05, 0.1) is 6.61 Å². The Hall–Kier alpha value is -2.99. The normalized spacial score (nSPS) is 14.6. The SMILES string of the molecule is Cc1cnc(CC2CCN(C(=O)COCc3ccccc3)CC2)n1Cc1ccc(F)cc1. The number of halogens is 1. The second-order valence-corrected chi connectivity index (χ2v) is 8.54. The fourth-order valence-electron chi connectivity index (χ4n) is 4.23. The number of nitrogens with zero attached hydrogens (tertiary/aromatic N) is 3. The number of amides is 1. The molecule has 0 N–H and O–H groups in total. The number of hydrogen-bond acceptors (Lipinski definition) is 3. The van der Waals surface area contributed by atoms with Crippen molar-refractivity contribution in [3.8, 4) is 0 Å². The Balaban J connectivity index is 1.25. The van der Waals surface area contributed by atoms with Crippen molar-refractivity contribution in [3.63, 3.8) is 0 Å². The first kappa shape index (κ1) is 22.2. The molecule has 0 bridgehead atoms. The molecule has 5 nitrogen and oxygen atoms in total. The van der Waals surface area contributed by atoms with Crippen LogP contribution in [0.25, 0.3) is 0 Å². The maximum Gasteiger partial charge on any atom is 0.248 e. The highest BCUT2D eigenvalue weighted by Crippen LogP contribution is 2.23. The van der Waals surface area contributed by atoms with Crippen molar-refractivity contribution in [1.29, 1.82) is 0 Å². The molecule has 1 amide bonds. The Bertz CT molecular complexity index is 1010. The molecule has 0 aliphatic carbocycles. The molecule has 1 aliphatic heterocycles. The molecule has 3 aromatic rings. The van der Waals surface area contributed by atoms with Crippen molar-refractivity contribution in [2.24, 2.45) is 5.92 Å². The molecule has 0 atom stereocenters. The van der Waals surface area contributed by atoms with Crippen LogP contribution in [0.2, 0.25) is 0 Å². The lowest BCUT2D eigenvalue weighted by atomic mass is 9.93. The summed E-state index contributed by atoms with van der Waals surface area (Å²) in [6.45, 7) is 4.85. The van der Waals surface area contributed by atoms with E-state index in [1.54, 1.807) is 0 Å². The topological polar surface area (TPSA) is 47.4 Å². The predicted octanol–water partition coefficient (Wildman–Crippen LogP) is 4.38. The Morgan fingerprint density at radius 3 is 2.50 bits per heavy atom. The summed E-state index contributed by atoms with van der Waals surface area (Å²) in [5.74, 6) is 1.40. The van der Waals surface area contributed by atoms with Crippen LogP contribution in [0.5, 0.6) is 0 Å². The molecule has 2 aromatic carbocycles. The van der Waals surface area contributed by atoms with Crippen LogP contribution in [0.1, 0.15) is 35.5 Å². The van der Waals surface area contributed by atoms with Crippen LogP contribution in [-0.4, -0.2) is 40.1 Å². The number of carbonyl (C=O) groups is 1. The van der Waals surface area contributed by atoms with E-state index in [1.807, 2.05) is 53.6 Å². The van der Waals surface area contributed by atoms with Gasteiger partial charge >= 0.3 is 0 Å². The lowest BCUT2D eigenvalue weighted by Gasteiger charge is -2.32. The number of rotatable bonds is 8. The molecule has 0 saturated carbocycles. The minimum atomic E-state index is -0.219. The van der Waals surface area contributed by atoms with Crippen molar-refractivity contribution in [2.75, 3.05) is 19.7 Å². The fraction of sp³-hybridized carbons (Fsp3) is 0.385. The monoisotopic (exact) mass is 435 g/mol. The number of ether oxygens (including phenoxy) is 1. The zero-order chi connectivity index (χ0) is 22.3. The Morgan fingerprint density at radius 2 is 1.78 bits per heavy atom. The van der Waals surface area contributed by atoms with Crippen LogP contribution in [-0.2, 0) is 29.1 Å². The van der Waals surface area contributed by atoms with Gasteiger partial charge in [-0.05, 0) is 48.9 Å². The molecule has 1 fully saturated rings. The van der Waals surface area contributed by atoms with Gasteiger partial charge in [0.2, 0.25) is 5.91 Å². The van der Waals surface area contributed by atoms with Gasteiger partial charge in [-0.25, -0.2) is 9.37 Å². The van der Waals surface area contributed by atoms with Gasteiger partial charge in [-0.3, -0.25) is 4.79 Å². The summed E-state index contributed by atoms with van der Waals surface area (Å²) in [5, 5.41) is 0. The van der Waals surface area contributed by atoms with E-state index in [-0.39, 0.29) is 18.3 Å². The predicted molar refractivity (Wildman–Crippen MR) is 122 cm³/mol. The summed E-state index contributed by atoms with van der Waals surface area (Å²) in [6, 6.07) is 16.5. The average molecular weight is 436 g/mol. The molecular weight excluding hydrogens is 405 g/mol. The van der Waals surface area contributed by atoms with Gasteiger partial charge in [-0.1, -0.05) is 42.5 Å². The summed E-state index contributed by atoms with van der Waals surface area (Å²) in [6.07, 6.45) is 4.73. The molecule has 0 radical (unpaired) electrons. The number of likely N-dealkylation sites (tertiary alicyclic amines) is 1. The standard InChI is InChI=1S/C26H30FN3O2/c1-20-16-28-25(30(20)17-22-7-9-24(27)10-8-22)15-21-11-13-29(14-12-21)26(31)19-32-18-23-5-3-2-4-6-23/h2-10,16,21H,11-15,17-19H2,1H3. The van der Waals surface area contributed by atoms with E-state index in [0.29, 0.717) is 19.1 Å². The van der Waals surface area contributed by atoms with E-state index in [2.05, 4.69) is 16.5 Å². The number of carbonyl (C=O) groups excluding carboxylic acids is 1. The molecule has 168 valence electrons. The first-order valence-electron chi connectivity index (χ1n) is 11.2. The molecule has 1 aromatic heterocycles. The van der Waals surface area contributed by atoms with Crippen molar-refractivity contribution >= 4 is 5.91 Å². The largest absolute Gasteiger partial charge is 0.367 e. The summed E-state index contributed by atoms with van der Waals surface area (Å²) in [4.78, 5) is 19.0. The van der Waals surface area contributed by atoms with Crippen LogP contribution in [0, 0.1) is 18.7 Å². The lowest BCUT2D eigenvalue weighted by Crippen LogP contribution is -2.40. The third kappa shape index (κ3) is 5.82. The van der Waals surface area contributed by atoms with Gasteiger partial charge in [0, 0.05) is 37.9 Å². The Kier molecular flexibility index (Phi) is 7.32. The quantitative estimate of drug-likeness (QED) is 0.528. The summed E-state index contributed by atoms with van der Waals surface area (Å²) in [5.41, 5.74) is 3.24. The van der Waals surface area contributed by atoms with Gasteiger partial charge in [-0.2, -0.15) is 0 Å². The van der Waals surface area contributed by atoms with Crippen LogP contribution >= 0.6 is 0 Å². The smallest absolute Gasteiger partial charge is 0.248 e. The molecule has 1 aliphatic rings. The number of aryl methyl sites for hydroxylation is 1. The maximum atomic E-state index is 13.2. The molecule has 2 heterocycles. The lowest BCUT2D eigenvalue weighted by molar-refractivity contribution is -0.138. The van der Waals surface area contributed by atoms with Crippen LogP contribution in [0.3, 0.4) is 0 Å². The van der Waals surface area contributed by atoms with Crippen molar-refractivity contribution in [3.05, 3.63) is 89.3 Å². The highest BCUT2D eigenvalue weighted by Gasteiger charge is 2.24. The van der Waals surface area contributed by atoms with Gasteiger partial charge in [0.25, 0.3) is 0 Å². The minimum Gasteiger partial charge on any atom is -0.367 e. The van der Waals surface area contributed by atoms with Gasteiger partial charge in [0.1, 0.15) is 18.2 Å². The number of piperidine rings is 1. The summed E-state index contributed by atoms with van der Waals surface area (Å²) < 4.78 is 21.0. The molecule has 0 unspecified atom stereocenters. The van der Waals surface area contributed by atoms with Gasteiger partial charge < -0.3 is 14.2 Å². The Labute approximate surface area is 188 Å². The van der Waals surface area contributed by atoms with E-state index < -0.39 is 0 Å². The number of hydrogen-bond donors (Lipinski definition) is 0. The van der Waals surface area contributed by atoms with E-state index in [1.165, 1.54) is 12.1 Å². The van der Waals surface area contributed by atoms with Crippen LogP contribution in [0.4, 0.5) is 4.39 Å².